The SMILES string of the molecule is Cc1cc([C@H]2C3=CC[C@@H]4C(=O)N(c5ccc(-c6nc7ccccc7o6)cc5)C(=O)[C@@H]4[C@@H]3C[C@@]3(Cl)C(=O)N(c4ccc(F)cc4)C(=O)[C@@]23Cl)ccc1O. The van der Waals surface area contributed by atoms with Gasteiger partial charge in [-0.2, -0.15) is 0 Å². The van der Waals surface area contributed by atoms with E-state index in [-0.39, 0.29) is 30.2 Å². The minimum Gasteiger partial charge on any atom is -0.508 e. The maximum Gasteiger partial charge on any atom is 0.258 e. The number of hydrogen-bond acceptors (Lipinski definition) is 7. The summed E-state index contributed by atoms with van der Waals surface area (Å²) < 4.78 is 19.8. The number of aryl methyl sites for hydroxylation is 1. The van der Waals surface area contributed by atoms with E-state index < -0.39 is 57.0 Å². The van der Waals surface area contributed by atoms with Crippen LogP contribution in [0.1, 0.15) is 29.9 Å². The lowest BCUT2D eigenvalue weighted by molar-refractivity contribution is -0.125. The number of imide groups is 2. The van der Waals surface area contributed by atoms with Crippen molar-refractivity contribution < 1.29 is 33.1 Å². The number of para-hydroxylation sites is 2. The van der Waals surface area contributed by atoms with Crippen LogP contribution in [0, 0.1) is 30.5 Å². The third-order valence-corrected chi connectivity index (χ3v) is 12.5. The molecule has 0 spiro atoms. The number of phenolic OH excluding ortho intramolecular Hbond substituents is 1. The van der Waals surface area contributed by atoms with Crippen LogP contribution in [0.25, 0.3) is 22.6 Å². The van der Waals surface area contributed by atoms with Crippen molar-refractivity contribution in [3.05, 3.63) is 120 Å². The number of nitrogens with zero attached hydrogens (tertiary/aromatic N) is 3. The monoisotopic (exact) mass is 735 g/mol. The molecule has 52 heavy (non-hydrogen) atoms. The Labute approximate surface area is 306 Å². The van der Waals surface area contributed by atoms with Crippen LogP contribution in [0.3, 0.4) is 0 Å². The van der Waals surface area contributed by atoms with E-state index in [2.05, 4.69) is 4.98 Å². The molecule has 2 saturated heterocycles. The predicted octanol–water partition coefficient (Wildman–Crippen LogP) is 7.42. The molecule has 5 aromatic rings. The zero-order valence-corrected chi connectivity index (χ0v) is 28.9. The van der Waals surface area contributed by atoms with Crippen molar-refractivity contribution in [3.8, 4) is 17.2 Å². The van der Waals surface area contributed by atoms with Crippen LogP contribution >= 0.6 is 23.2 Å². The van der Waals surface area contributed by atoms with E-state index >= 15 is 0 Å². The first-order valence-corrected chi connectivity index (χ1v) is 17.5. The molecule has 0 unspecified atom stereocenters. The molecule has 4 amide bonds. The summed E-state index contributed by atoms with van der Waals surface area (Å²) in [6, 6.07) is 23.8. The van der Waals surface area contributed by atoms with Gasteiger partial charge >= 0.3 is 0 Å². The highest BCUT2D eigenvalue weighted by Gasteiger charge is 2.76. The number of oxazole rings is 1. The van der Waals surface area contributed by atoms with E-state index in [1.165, 1.54) is 23.1 Å². The zero-order chi connectivity index (χ0) is 36.3. The lowest BCUT2D eigenvalue weighted by Gasteiger charge is -2.50. The topological polar surface area (TPSA) is 121 Å². The molecule has 0 radical (unpaired) electrons. The lowest BCUT2D eigenvalue weighted by atomic mass is 9.56. The molecule has 2 aliphatic carbocycles. The summed E-state index contributed by atoms with van der Waals surface area (Å²) in [5, 5.41) is 10.4. The van der Waals surface area contributed by atoms with Crippen LogP contribution in [-0.4, -0.2) is 43.5 Å². The Morgan fingerprint density at radius 1 is 0.846 bits per heavy atom. The number of benzene rings is 4. The number of rotatable bonds is 4. The molecule has 12 heteroatoms. The van der Waals surface area contributed by atoms with Gasteiger partial charge in [0.25, 0.3) is 11.8 Å². The van der Waals surface area contributed by atoms with E-state index in [9.17, 15) is 28.7 Å². The van der Waals surface area contributed by atoms with Crippen molar-refractivity contribution in [1.82, 2.24) is 4.98 Å². The van der Waals surface area contributed by atoms with Crippen LogP contribution in [0.2, 0.25) is 0 Å². The first-order chi connectivity index (χ1) is 24.9. The van der Waals surface area contributed by atoms with Gasteiger partial charge < -0.3 is 9.52 Å². The number of aromatic hydroxyl groups is 1. The summed E-state index contributed by atoms with van der Waals surface area (Å²) in [4.78, 5) is 60.0. The maximum absolute atomic E-state index is 14.5. The zero-order valence-electron chi connectivity index (χ0n) is 27.4. The number of fused-ring (bicyclic) bond motifs is 5. The van der Waals surface area contributed by atoms with Gasteiger partial charge in [-0.05, 0) is 104 Å². The van der Waals surface area contributed by atoms with Crippen LogP contribution in [-0.2, 0) is 19.2 Å². The number of carbonyl (C=O) groups excluding carboxylic acids is 4. The summed E-state index contributed by atoms with van der Waals surface area (Å²) in [7, 11) is 0. The molecule has 0 bridgehead atoms. The van der Waals surface area contributed by atoms with Crippen molar-refractivity contribution in [2.45, 2.75) is 35.4 Å². The standard InChI is InChI=1S/C40H28Cl2FN3O6/c1-20-18-22(8-17-30(20)47)33-26-15-16-27-32(28(26)19-39(41)37(50)46(38(51)40(33,39)42)25-13-9-23(43)10-14-25)36(49)45(35(27)48)24-11-6-21(7-12-24)34-44-29-4-2-3-5-31(29)52-34/h2-15,17-18,27-28,32-33,47H,16,19H2,1H3/t27-,28+,32-,33-,39+,40-/m0/s1. The highest BCUT2D eigenvalue weighted by molar-refractivity contribution is 6.58. The Bertz CT molecular complexity index is 2380. The van der Waals surface area contributed by atoms with Gasteiger partial charge in [0.05, 0.1) is 23.2 Å². The first kappa shape index (κ1) is 32.6. The van der Waals surface area contributed by atoms with Crippen LogP contribution in [0.5, 0.6) is 5.75 Å². The smallest absolute Gasteiger partial charge is 0.258 e. The highest BCUT2D eigenvalue weighted by Crippen LogP contribution is 2.66. The van der Waals surface area contributed by atoms with E-state index in [1.807, 2.05) is 30.3 Å². The van der Waals surface area contributed by atoms with Crippen molar-refractivity contribution in [2.75, 3.05) is 9.80 Å². The van der Waals surface area contributed by atoms with Crippen LogP contribution in [0.15, 0.2) is 107 Å². The molecule has 9 nitrogen and oxygen atoms in total. The number of anilines is 2. The number of aromatic nitrogens is 1. The van der Waals surface area contributed by atoms with Crippen molar-refractivity contribution in [2.24, 2.45) is 17.8 Å². The fourth-order valence-electron chi connectivity index (χ4n) is 8.63. The molecule has 4 aliphatic rings. The third-order valence-electron chi connectivity index (χ3n) is 11.1. The van der Waals surface area contributed by atoms with Crippen molar-refractivity contribution in [1.29, 1.82) is 0 Å². The van der Waals surface area contributed by atoms with Gasteiger partial charge in [-0.15, -0.1) is 23.2 Å². The number of hydrogen-bond donors (Lipinski definition) is 1. The number of allylic oxidation sites excluding steroid dienone is 2. The number of alkyl halides is 2. The van der Waals surface area contributed by atoms with E-state index in [1.54, 1.807) is 43.3 Å². The quantitative estimate of drug-likeness (QED) is 0.116. The number of amides is 4. The number of halogens is 3. The van der Waals surface area contributed by atoms with Crippen molar-refractivity contribution in [3.63, 3.8) is 0 Å². The van der Waals surface area contributed by atoms with Gasteiger partial charge in [-0.3, -0.25) is 24.1 Å². The molecule has 9 rings (SSSR count). The predicted molar refractivity (Wildman–Crippen MR) is 191 cm³/mol. The van der Waals surface area contributed by atoms with E-state index in [4.69, 9.17) is 27.6 Å². The Kier molecular flexibility index (Phi) is 7.10. The van der Waals surface area contributed by atoms with Crippen molar-refractivity contribution >= 4 is 69.3 Å². The number of carbonyl (C=O) groups is 4. The van der Waals surface area contributed by atoms with Gasteiger partial charge in [0.2, 0.25) is 17.7 Å². The summed E-state index contributed by atoms with van der Waals surface area (Å²) in [5.41, 5.74) is 4.10. The minimum absolute atomic E-state index is 0.0191. The minimum atomic E-state index is -2.07. The van der Waals surface area contributed by atoms with Gasteiger partial charge in [-0.25, -0.2) is 14.3 Å². The molecule has 1 N–H and O–H groups in total. The van der Waals surface area contributed by atoms with Gasteiger partial charge in [-0.1, -0.05) is 35.9 Å². The van der Waals surface area contributed by atoms with E-state index in [0.29, 0.717) is 44.9 Å². The van der Waals surface area contributed by atoms with Gasteiger partial charge in [0.1, 0.15) is 17.1 Å². The first-order valence-electron chi connectivity index (χ1n) is 16.8. The Balaban J connectivity index is 1.12. The van der Waals surface area contributed by atoms with Gasteiger partial charge in [0.15, 0.2) is 15.3 Å². The largest absolute Gasteiger partial charge is 0.508 e. The second kappa shape index (κ2) is 11.3. The average Bonchev–Trinajstić information content (AvgIpc) is 3.73. The van der Waals surface area contributed by atoms with E-state index in [0.717, 1.165) is 17.0 Å². The fraction of sp³-hybridized carbons (Fsp3) is 0.225. The van der Waals surface area contributed by atoms with Crippen LogP contribution < -0.4 is 9.80 Å². The molecule has 2 aliphatic heterocycles. The third kappa shape index (κ3) is 4.37. The highest BCUT2D eigenvalue weighted by atomic mass is 35.5. The molecule has 6 atom stereocenters. The molecule has 260 valence electrons. The Morgan fingerprint density at radius 3 is 2.25 bits per heavy atom. The second-order valence-corrected chi connectivity index (χ2v) is 15.1. The van der Waals surface area contributed by atoms with Gasteiger partial charge in [0, 0.05) is 11.5 Å². The summed E-state index contributed by atoms with van der Waals surface area (Å²) in [5.74, 6) is -5.96. The molecule has 3 fully saturated rings. The Hall–Kier alpha value is -5.32. The molecule has 3 heterocycles. The normalized spacial score (nSPS) is 28.3. The lowest BCUT2D eigenvalue weighted by Crippen LogP contribution is -2.60. The van der Waals surface area contributed by atoms with Crippen LogP contribution in [0.4, 0.5) is 15.8 Å². The molecular weight excluding hydrogens is 708 g/mol. The molecule has 1 saturated carbocycles. The fourth-order valence-corrected chi connectivity index (χ4v) is 9.57. The molecular formula is C40H28Cl2FN3O6. The maximum atomic E-state index is 14.5. The summed E-state index contributed by atoms with van der Waals surface area (Å²) in [6.07, 6.45) is 1.84. The summed E-state index contributed by atoms with van der Waals surface area (Å²) >= 11 is 14.9. The molecule has 1 aromatic heterocycles. The molecule has 4 aromatic carbocycles. The number of phenols is 1. The Morgan fingerprint density at radius 2 is 1.54 bits per heavy atom. The summed E-state index contributed by atoms with van der Waals surface area (Å²) in [6.45, 7) is 1.69. The average molecular weight is 737 g/mol. The second-order valence-electron chi connectivity index (χ2n) is 13.8.